The average Bonchev–Trinajstić information content (AvgIpc) is 3.08. The number of hydrogen-bond acceptors (Lipinski definition) is 6. The topological polar surface area (TPSA) is 109 Å². The predicted molar refractivity (Wildman–Crippen MR) is 85.0 cm³/mol. The molecular weight excluding hydrogens is 312 g/mol. The minimum absolute atomic E-state index is 0.0406. The lowest BCUT2D eigenvalue weighted by atomic mass is 10.1. The van der Waals surface area contributed by atoms with Gasteiger partial charge in [0.05, 0.1) is 6.26 Å². The van der Waals surface area contributed by atoms with Gasteiger partial charge in [0.1, 0.15) is 0 Å². The molecule has 3 rings (SSSR count). The van der Waals surface area contributed by atoms with Crippen LogP contribution in [0, 0.1) is 6.92 Å². The Morgan fingerprint density at radius 2 is 2.25 bits per heavy atom. The van der Waals surface area contributed by atoms with Gasteiger partial charge in [-0.3, -0.25) is 4.79 Å². The van der Waals surface area contributed by atoms with Crippen molar-refractivity contribution < 1.29 is 19.1 Å². The van der Waals surface area contributed by atoms with Crippen LogP contribution in [0.5, 0.6) is 0 Å². The molecule has 126 valence electrons. The monoisotopic (exact) mass is 330 g/mol. The Balaban J connectivity index is 1.69. The second kappa shape index (κ2) is 6.69. The molecule has 1 saturated heterocycles. The number of likely N-dealkylation sites (tertiary alicyclic amines) is 1. The summed E-state index contributed by atoms with van der Waals surface area (Å²) in [5, 5.41) is 12.2. The van der Waals surface area contributed by atoms with Gasteiger partial charge < -0.3 is 19.7 Å². The minimum Gasteiger partial charge on any atom is -0.477 e. The van der Waals surface area contributed by atoms with Crippen LogP contribution in [0.1, 0.15) is 39.6 Å². The molecule has 1 aliphatic heterocycles. The molecule has 2 aromatic rings. The average molecular weight is 330 g/mol. The molecule has 0 aliphatic carbocycles. The summed E-state index contributed by atoms with van der Waals surface area (Å²) >= 11 is 0. The smallest absolute Gasteiger partial charge is 0.354 e. The van der Waals surface area contributed by atoms with Crippen molar-refractivity contribution in [3.63, 3.8) is 0 Å². The molecule has 1 amide bonds. The lowest BCUT2D eigenvalue weighted by molar-refractivity contribution is 0.0679. The summed E-state index contributed by atoms with van der Waals surface area (Å²) in [7, 11) is 0. The summed E-state index contributed by atoms with van der Waals surface area (Å²) < 4.78 is 5.16. The standard InChI is InChI=1S/C16H18N4O4/c1-10-8-12(15(22)23)19-16(17-10)18-11-4-2-6-20(9-11)14(21)13-5-3-7-24-13/h3,5,7-8,11H,2,4,6,9H2,1H3,(H,22,23)(H,17,18,19). The number of aromatic nitrogens is 2. The highest BCUT2D eigenvalue weighted by atomic mass is 16.4. The number of carbonyl (C=O) groups excluding carboxylic acids is 1. The van der Waals surface area contributed by atoms with Crippen molar-refractivity contribution in [1.29, 1.82) is 0 Å². The van der Waals surface area contributed by atoms with E-state index in [9.17, 15) is 9.59 Å². The number of aromatic carboxylic acids is 1. The number of nitrogens with zero attached hydrogens (tertiary/aromatic N) is 3. The van der Waals surface area contributed by atoms with Crippen molar-refractivity contribution in [2.75, 3.05) is 18.4 Å². The molecule has 2 aromatic heterocycles. The van der Waals surface area contributed by atoms with Gasteiger partial charge in [0.2, 0.25) is 5.95 Å². The number of furan rings is 1. The Labute approximate surface area is 138 Å². The number of carboxylic acids is 1. The van der Waals surface area contributed by atoms with Crippen molar-refractivity contribution in [1.82, 2.24) is 14.9 Å². The fourth-order valence-corrected chi connectivity index (χ4v) is 2.76. The molecule has 0 bridgehead atoms. The summed E-state index contributed by atoms with van der Waals surface area (Å²) in [6.45, 7) is 2.86. The van der Waals surface area contributed by atoms with E-state index in [0.29, 0.717) is 24.5 Å². The largest absolute Gasteiger partial charge is 0.477 e. The van der Waals surface area contributed by atoms with E-state index in [1.54, 1.807) is 24.0 Å². The van der Waals surface area contributed by atoms with Crippen LogP contribution in [0.15, 0.2) is 28.9 Å². The van der Waals surface area contributed by atoms with Gasteiger partial charge in [-0.05, 0) is 38.0 Å². The zero-order chi connectivity index (χ0) is 17.1. The van der Waals surface area contributed by atoms with Crippen molar-refractivity contribution in [3.05, 3.63) is 41.6 Å². The highest BCUT2D eigenvalue weighted by Crippen LogP contribution is 2.17. The maximum atomic E-state index is 12.4. The summed E-state index contributed by atoms with van der Waals surface area (Å²) in [6.07, 6.45) is 3.16. The number of piperidine rings is 1. The molecule has 0 aromatic carbocycles. The molecule has 0 saturated carbocycles. The minimum atomic E-state index is -1.10. The Kier molecular flexibility index (Phi) is 4.45. The van der Waals surface area contributed by atoms with Gasteiger partial charge in [-0.25, -0.2) is 14.8 Å². The van der Waals surface area contributed by atoms with E-state index < -0.39 is 5.97 Å². The first-order chi connectivity index (χ1) is 11.5. The maximum Gasteiger partial charge on any atom is 0.354 e. The van der Waals surface area contributed by atoms with Crippen molar-refractivity contribution in [2.45, 2.75) is 25.8 Å². The van der Waals surface area contributed by atoms with Crippen LogP contribution in [0.25, 0.3) is 0 Å². The van der Waals surface area contributed by atoms with Crippen LogP contribution in [0.3, 0.4) is 0 Å². The summed E-state index contributed by atoms with van der Waals surface area (Å²) in [4.78, 5) is 33.4. The number of amides is 1. The highest BCUT2D eigenvalue weighted by Gasteiger charge is 2.26. The summed E-state index contributed by atoms with van der Waals surface area (Å²) in [5.41, 5.74) is 0.522. The number of aryl methyl sites for hydroxylation is 1. The van der Waals surface area contributed by atoms with E-state index in [1.165, 1.54) is 12.3 Å². The van der Waals surface area contributed by atoms with E-state index in [1.807, 2.05) is 0 Å². The second-order valence-electron chi connectivity index (χ2n) is 5.74. The Morgan fingerprint density at radius 3 is 2.96 bits per heavy atom. The van der Waals surface area contributed by atoms with E-state index in [0.717, 1.165) is 12.8 Å². The predicted octanol–water partition coefficient (Wildman–Crippen LogP) is 1.79. The van der Waals surface area contributed by atoms with Gasteiger partial charge in [0, 0.05) is 24.8 Å². The lowest BCUT2D eigenvalue weighted by Crippen LogP contribution is -2.45. The molecule has 0 spiro atoms. The third-order valence-corrected chi connectivity index (χ3v) is 3.85. The zero-order valence-corrected chi connectivity index (χ0v) is 13.2. The molecule has 8 heteroatoms. The molecule has 1 aliphatic rings. The van der Waals surface area contributed by atoms with Crippen LogP contribution in [0.2, 0.25) is 0 Å². The molecule has 24 heavy (non-hydrogen) atoms. The summed E-state index contributed by atoms with van der Waals surface area (Å²) in [6, 6.07) is 4.70. The third-order valence-electron chi connectivity index (χ3n) is 3.85. The second-order valence-corrected chi connectivity index (χ2v) is 5.74. The van der Waals surface area contributed by atoms with E-state index in [-0.39, 0.29) is 23.6 Å². The zero-order valence-electron chi connectivity index (χ0n) is 13.2. The van der Waals surface area contributed by atoms with Gasteiger partial charge in [-0.15, -0.1) is 0 Å². The number of hydrogen-bond donors (Lipinski definition) is 2. The van der Waals surface area contributed by atoms with Gasteiger partial charge in [-0.2, -0.15) is 0 Å². The molecule has 8 nitrogen and oxygen atoms in total. The Morgan fingerprint density at radius 1 is 1.42 bits per heavy atom. The van der Waals surface area contributed by atoms with Gasteiger partial charge in [-0.1, -0.05) is 0 Å². The van der Waals surface area contributed by atoms with Crippen LogP contribution in [-0.2, 0) is 0 Å². The van der Waals surface area contributed by atoms with Crippen LogP contribution in [-0.4, -0.2) is 51.0 Å². The fourth-order valence-electron chi connectivity index (χ4n) is 2.76. The van der Waals surface area contributed by atoms with E-state index in [2.05, 4.69) is 15.3 Å². The van der Waals surface area contributed by atoms with Crippen molar-refractivity contribution >= 4 is 17.8 Å². The molecule has 1 atom stereocenters. The molecule has 2 N–H and O–H groups in total. The highest BCUT2D eigenvalue weighted by molar-refractivity contribution is 5.91. The lowest BCUT2D eigenvalue weighted by Gasteiger charge is -2.32. The first kappa shape index (κ1) is 16.0. The van der Waals surface area contributed by atoms with Crippen molar-refractivity contribution in [3.8, 4) is 0 Å². The third kappa shape index (κ3) is 3.53. The number of carboxylic acid groups (broad SMARTS) is 1. The first-order valence-electron chi connectivity index (χ1n) is 7.71. The van der Waals surface area contributed by atoms with Crippen LogP contribution < -0.4 is 5.32 Å². The number of carbonyl (C=O) groups is 2. The van der Waals surface area contributed by atoms with E-state index >= 15 is 0 Å². The summed E-state index contributed by atoms with van der Waals surface area (Å²) in [5.74, 6) is -0.662. The normalized spacial score (nSPS) is 17.5. The number of rotatable bonds is 4. The fraction of sp³-hybridized carbons (Fsp3) is 0.375. The molecule has 1 fully saturated rings. The number of nitrogens with one attached hydrogen (secondary N) is 1. The molecular formula is C16H18N4O4. The molecule has 0 radical (unpaired) electrons. The molecule has 3 heterocycles. The number of anilines is 1. The van der Waals surface area contributed by atoms with Gasteiger partial charge >= 0.3 is 5.97 Å². The Hall–Kier alpha value is -2.90. The first-order valence-corrected chi connectivity index (χ1v) is 7.71. The van der Waals surface area contributed by atoms with Crippen LogP contribution in [0.4, 0.5) is 5.95 Å². The SMILES string of the molecule is Cc1cc(C(=O)O)nc(NC2CCCN(C(=O)c3ccco3)C2)n1. The van der Waals surface area contributed by atoms with Crippen LogP contribution >= 0.6 is 0 Å². The molecule has 1 unspecified atom stereocenters. The maximum absolute atomic E-state index is 12.4. The van der Waals surface area contributed by atoms with Crippen molar-refractivity contribution in [2.24, 2.45) is 0 Å². The van der Waals surface area contributed by atoms with Gasteiger partial charge in [0.25, 0.3) is 5.91 Å². The van der Waals surface area contributed by atoms with E-state index in [4.69, 9.17) is 9.52 Å². The Bertz CT molecular complexity index is 745. The quantitative estimate of drug-likeness (QED) is 0.879. The van der Waals surface area contributed by atoms with Gasteiger partial charge in [0.15, 0.2) is 11.5 Å².